The third kappa shape index (κ3) is 3.35. The van der Waals surface area contributed by atoms with Crippen molar-refractivity contribution in [3.8, 4) is 0 Å². The number of carbonyl (C=O) groups is 1. The van der Waals surface area contributed by atoms with Crippen LogP contribution in [0.3, 0.4) is 0 Å². The van der Waals surface area contributed by atoms with Gasteiger partial charge in [-0.25, -0.2) is 0 Å². The van der Waals surface area contributed by atoms with Crippen LogP contribution in [-0.4, -0.2) is 17.4 Å². The van der Waals surface area contributed by atoms with Crippen molar-refractivity contribution in [1.29, 1.82) is 0 Å². The zero-order valence-corrected chi connectivity index (χ0v) is 11.0. The third-order valence-electron chi connectivity index (χ3n) is 3.04. The van der Waals surface area contributed by atoms with Gasteiger partial charge in [-0.05, 0) is 36.8 Å². The highest BCUT2D eigenvalue weighted by Gasteiger charge is 2.13. The maximum atomic E-state index is 12.3. The van der Waals surface area contributed by atoms with Gasteiger partial charge in [0.15, 0.2) is 0 Å². The van der Waals surface area contributed by atoms with Crippen molar-refractivity contribution in [2.45, 2.75) is 13.5 Å². The minimum absolute atomic E-state index is 0.0555. The number of nitrogen functional groups attached to an aromatic ring is 1. The molecule has 0 aliphatic heterocycles. The minimum Gasteiger partial charge on any atom is -0.399 e. The first-order valence-electron chi connectivity index (χ1n) is 6.39. The first kappa shape index (κ1) is 13.1. The molecular formula is C16H18N2O. The van der Waals surface area contributed by atoms with E-state index >= 15 is 0 Å². The van der Waals surface area contributed by atoms with Gasteiger partial charge in [0.2, 0.25) is 0 Å². The normalized spacial score (nSPS) is 10.2. The van der Waals surface area contributed by atoms with E-state index in [0.29, 0.717) is 13.1 Å². The number of anilines is 1. The molecule has 0 aliphatic rings. The molecule has 0 spiro atoms. The number of benzene rings is 2. The Balaban J connectivity index is 2.12. The molecule has 19 heavy (non-hydrogen) atoms. The third-order valence-corrected chi connectivity index (χ3v) is 3.04. The Morgan fingerprint density at radius 3 is 2.26 bits per heavy atom. The second-order valence-electron chi connectivity index (χ2n) is 4.43. The Morgan fingerprint density at radius 2 is 1.68 bits per heavy atom. The van der Waals surface area contributed by atoms with E-state index in [1.165, 1.54) is 0 Å². The Kier molecular flexibility index (Phi) is 4.18. The molecule has 0 fully saturated rings. The number of carbonyl (C=O) groups excluding carboxylic acids is 1. The average Bonchev–Trinajstić information content (AvgIpc) is 2.47. The highest BCUT2D eigenvalue weighted by atomic mass is 16.2. The van der Waals surface area contributed by atoms with Gasteiger partial charge in [-0.1, -0.05) is 30.3 Å². The lowest BCUT2D eigenvalue weighted by Gasteiger charge is -2.21. The van der Waals surface area contributed by atoms with Gasteiger partial charge in [0.05, 0.1) is 0 Å². The molecule has 0 aliphatic carbocycles. The SMILES string of the molecule is CCN(Cc1ccc(N)cc1)C(=O)c1ccccc1. The maximum Gasteiger partial charge on any atom is 0.254 e. The van der Waals surface area contributed by atoms with Crippen LogP contribution in [0.1, 0.15) is 22.8 Å². The molecule has 3 heteroatoms. The van der Waals surface area contributed by atoms with Crippen molar-refractivity contribution in [3.05, 3.63) is 65.7 Å². The molecule has 3 nitrogen and oxygen atoms in total. The molecule has 2 aromatic rings. The van der Waals surface area contributed by atoms with Crippen molar-refractivity contribution in [2.75, 3.05) is 12.3 Å². The Hall–Kier alpha value is -2.29. The molecule has 0 heterocycles. The van der Waals surface area contributed by atoms with Gasteiger partial charge in [-0.2, -0.15) is 0 Å². The van der Waals surface area contributed by atoms with Crippen LogP contribution >= 0.6 is 0 Å². The second-order valence-corrected chi connectivity index (χ2v) is 4.43. The number of hydrogen-bond donors (Lipinski definition) is 1. The van der Waals surface area contributed by atoms with Crippen molar-refractivity contribution in [1.82, 2.24) is 4.90 Å². The van der Waals surface area contributed by atoms with Crippen LogP contribution in [0.4, 0.5) is 5.69 Å². The van der Waals surface area contributed by atoms with Crippen molar-refractivity contribution < 1.29 is 4.79 Å². The lowest BCUT2D eigenvalue weighted by Crippen LogP contribution is -2.30. The molecule has 2 rings (SSSR count). The molecule has 98 valence electrons. The zero-order valence-electron chi connectivity index (χ0n) is 11.0. The standard InChI is InChI=1S/C16H18N2O/c1-2-18(12-13-8-10-15(17)11-9-13)16(19)14-6-4-3-5-7-14/h3-11H,2,12,17H2,1H3. The molecule has 0 aromatic heterocycles. The highest BCUT2D eigenvalue weighted by Crippen LogP contribution is 2.11. The molecule has 1 amide bonds. The van der Waals surface area contributed by atoms with E-state index in [-0.39, 0.29) is 5.91 Å². The summed E-state index contributed by atoms with van der Waals surface area (Å²) in [5, 5.41) is 0. The van der Waals surface area contributed by atoms with E-state index in [1.54, 1.807) is 0 Å². The zero-order chi connectivity index (χ0) is 13.7. The molecule has 0 atom stereocenters. The molecule has 0 radical (unpaired) electrons. The smallest absolute Gasteiger partial charge is 0.254 e. The molecular weight excluding hydrogens is 236 g/mol. The fourth-order valence-corrected chi connectivity index (χ4v) is 1.93. The predicted molar refractivity (Wildman–Crippen MR) is 77.7 cm³/mol. The summed E-state index contributed by atoms with van der Waals surface area (Å²) >= 11 is 0. The van der Waals surface area contributed by atoms with Gasteiger partial charge in [0.1, 0.15) is 0 Å². The molecule has 0 saturated carbocycles. The maximum absolute atomic E-state index is 12.3. The first-order valence-corrected chi connectivity index (χ1v) is 6.39. The van der Waals surface area contributed by atoms with E-state index < -0.39 is 0 Å². The minimum atomic E-state index is 0.0555. The summed E-state index contributed by atoms with van der Waals surface area (Å²) in [6.45, 7) is 3.26. The van der Waals surface area contributed by atoms with Crippen LogP contribution in [0.15, 0.2) is 54.6 Å². The number of rotatable bonds is 4. The summed E-state index contributed by atoms with van der Waals surface area (Å²) in [7, 11) is 0. The summed E-state index contributed by atoms with van der Waals surface area (Å²) < 4.78 is 0. The summed E-state index contributed by atoms with van der Waals surface area (Å²) in [5.41, 5.74) is 8.20. The molecule has 0 saturated heterocycles. The molecule has 2 N–H and O–H groups in total. The summed E-state index contributed by atoms with van der Waals surface area (Å²) in [5.74, 6) is 0.0555. The summed E-state index contributed by atoms with van der Waals surface area (Å²) in [6.07, 6.45) is 0. The van der Waals surface area contributed by atoms with Crippen LogP contribution in [0.5, 0.6) is 0 Å². The number of nitrogens with zero attached hydrogens (tertiary/aromatic N) is 1. The van der Waals surface area contributed by atoms with Crippen molar-refractivity contribution in [3.63, 3.8) is 0 Å². The van der Waals surface area contributed by atoms with E-state index in [2.05, 4.69) is 0 Å². The van der Waals surface area contributed by atoms with Gasteiger partial charge in [0, 0.05) is 24.3 Å². The average molecular weight is 254 g/mol. The fraction of sp³-hybridized carbons (Fsp3) is 0.188. The van der Waals surface area contributed by atoms with Gasteiger partial charge >= 0.3 is 0 Å². The van der Waals surface area contributed by atoms with Crippen molar-refractivity contribution >= 4 is 11.6 Å². The van der Waals surface area contributed by atoms with Crippen LogP contribution in [-0.2, 0) is 6.54 Å². The van der Waals surface area contributed by atoms with E-state index in [9.17, 15) is 4.79 Å². The first-order chi connectivity index (χ1) is 9.20. The Morgan fingerprint density at radius 1 is 1.05 bits per heavy atom. The van der Waals surface area contributed by atoms with E-state index in [4.69, 9.17) is 5.73 Å². The topological polar surface area (TPSA) is 46.3 Å². The van der Waals surface area contributed by atoms with Crippen LogP contribution in [0.2, 0.25) is 0 Å². The Labute approximate surface area is 113 Å². The highest BCUT2D eigenvalue weighted by molar-refractivity contribution is 5.94. The molecule has 0 bridgehead atoms. The van der Waals surface area contributed by atoms with Gasteiger partial charge in [-0.15, -0.1) is 0 Å². The van der Waals surface area contributed by atoms with Crippen LogP contribution in [0, 0.1) is 0 Å². The quantitative estimate of drug-likeness (QED) is 0.853. The summed E-state index contributed by atoms with van der Waals surface area (Å²) in [4.78, 5) is 14.2. The summed E-state index contributed by atoms with van der Waals surface area (Å²) in [6, 6.07) is 17.0. The fourth-order valence-electron chi connectivity index (χ4n) is 1.93. The van der Waals surface area contributed by atoms with Gasteiger partial charge in [-0.3, -0.25) is 4.79 Å². The largest absolute Gasteiger partial charge is 0.399 e. The van der Waals surface area contributed by atoms with E-state index in [0.717, 1.165) is 16.8 Å². The van der Waals surface area contributed by atoms with Gasteiger partial charge < -0.3 is 10.6 Å². The molecule has 0 unspecified atom stereocenters. The van der Waals surface area contributed by atoms with Crippen LogP contribution in [0.25, 0.3) is 0 Å². The molecule has 2 aromatic carbocycles. The number of amides is 1. The number of hydrogen-bond acceptors (Lipinski definition) is 2. The lowest BCUT2D eigenvalue weighted by atomic mass is 10.1. The predicted octanol–water partition coefficient (Wildman–Crippen LogP) is 2.93. The lowest BCUT2D eigenvalue weighted by molar-refractivity contribution is 0.0752. The van der Waals surface area contributed by atoms with Gasteiger partial charge in [0.25, 0.3) is 5.91 Å². The number of nitrogens with two attached hydrogens (primary N) is 1. The van der Waals surface area contributed by atoms with Crippen LogP contribution < -0.4 is 5.73 Å². The monoisotopic (exact) mass is 254 g/mol. The van der Waals surface area contributed by atoms with Crippen molar-refractivity contribution in [2.24, 2.45) is 0 Å². The Bertz CT molecular complexity index is 534. The second kappa shape index (κ2) is 6.05. The van der Waals surface area contributed by atoms with E-state index in [1.807, 2.05) is 66.4 Å².